The lowest BCUT2D eigenvalue weighted by molar-refractivity contribution is 0.101. The van der Waals surface area contributed by atoms with Gasteiger partial charge in [0.25, 0.3) is 11.8 Å². The maximum absolute atomic E-state index is 13.9. The molecule has 1 fully saturated rings. The molecular formula is C25H25ClFN5O2. The molecule has 7 nitrogen and oxygen atoms in total. The van der Waals surface area contributed by atoms with Gasteiger partial charge in [-0.15, -0.1) is 0 Å². The van der Waals surface area contributed by atoms with Gasteiger partial charge in [-0.25, -0.2) is 9.37 Å². The zero-order chi connectivity index (χ0) is 24.2. The summed E-state index contributed by atoms with van der Waals surface area (Å²) in [6, 6.07) is 14.6. The number of halogens is 2. The zero-order valence-corrected chi connectivity index (χ0v) is 19.6. The first-order valence-electron chi connectivity index (χ1n) is 10.9. The van der Waals surface area contributed by atoms with Gasteiger partial charge >= 0.3 is 0 Å². The van der Waals surface area contributed by atoms with Gasteiger partial charge in [0.05, 0.1) is 21.8 Å². The van der Waals surface area contributed by atoms with Crippen molar-refractivity contribution in [3.63, 3.8) is 0 Å². The van der Waals surface area contributed by atoms with E-state index in [0.717, 1.165) is 18.9 Å². The van der Waals surface area contributed by atoms with Crippen LogP contribution in [0.1, 0.15) is 34.6 Å². The van der Waals surface area contributed by atoms with Crippen molar-refractivity contribution in [1.29, 1.82) is 0 Å². The van der Waals surface area contributed by atoms with Crippen molar-refractivity contribution in [3.8, 4) is 0 Å². The minimum absolute atomic E-state index is 0.104. The number of nitrogens with one attached hydrogen (secondary N) is 3. The predicted molar refractivity (Wildman–Crippen MR) is 132 cm³/mol. The molecule has 2 aromatic carbocycles. The van der Waals surface area contributed by atoms with Gasteiger partial charge < -0.3 is 20.9 Å². The van der Waals surface area contributed by atoms with Crippen LogP contribution in [0.2, 0.25) is 5.02 Å². The molecule has 3 aromatic rings. The summed E-state index contributed by atoms with van der Waals surface area (Å²) in [5.41, 5.74) is 0.967. The summed E-state index contributed by atoms with van der Waals surface area (Å²) in [6.45, 7) is 5.94. The summed E-state index contributed by atoms with van der Waals surface area (Å²) in [4.78, 5) is 31.8. The summed E-state index contributed by atoms with van der Waals surface area (Å²) in [7, 11) is 0. The van der Waals surface area contributed by atoms with Gasteiger partial charge in [0, 0.05) is 37.1 Å². The Labute approximate surface area is 202 Å². The number of carbonyl (C=O) groups excluding carboxylic acids is 2. The number of piperazine rings is 1. The summed E-state index contributed by atoms with van der Waals surface area (Å²) in [5.74, 6) is -0.808. The smallest absolute Gasteiger partial charge is 0.258 e. The molecule has 34 heavy (non-hydrogen) atoms. The van der Waals surface area contributed by atoms with Gasteiger partial charge in [0.2, 0.25) is 0 Å². The van der Waals surface area contributed by atoms with E-state index in [1.165, 1.54) is 24.3 Å². The molecule has 0 unspecified atom stereocenters. The number of pyridine rings is 1. The van der Waals surface area contributed by atoms with Crippen LogP contribution in [0.3, 0.4) is 0 Å². The van der Waals surface area contributed by atoms with E-state index in [9.17, 15) is 14.0 Å². The first-order chi connectivity index (χ1) is 16.3. The van der Waals surface area contributed by atoms with Crippen LogP contribution in [0, 0.1) is 5.82 Å². The summed E-state index contributed by atoms with van der Waals surface area (Å²) >= 11 is 6.19. The highest BCUT2D eigenvalue weighted by atomic mass is 35.5. The predicted octanol–water partition coefficient (Wildman–Crippen LogP) is 4.57. The van der Waals surface area contributed by atoms with Gasteiger partial charge in [-0.1, -0.05) is 23.7 Å². The van der Waals surface area contributed by atoms with E-state index in [0.29, 0.717) is 23.3 Å². The summed E-state index contributed by atoms with van der Waals surface area (Å²) < 4.78 is 13.9. The minimum Gasteiger partial charge on any atom is -0.354 e. The number of aromatic nitrogens is 1. The molecular weight excluding hydrogens is 457 g/mol. The van der Waals surface area contributed by atoms with E-state index in [-0.39, 0.29) is 22.2 Å². The second-order valence-corrected chi connectivity index (χ2v) is 8.77. The van der Waals surface area contributed by atoms with Crippen molar-refractivity contribution in [2.45, 2.75) is 25.9 Å². The van der Waals surface area contributed by atoms with E-state index >= 15 is 0 Å². The Balaban J connectivity index is 1.44. The fourth-order valence-corrected chi connectivity index (χ4v) is 4.12. The van der Waals surface area contributed by atoms with Crippen molar-refractivity contribution in [1.82, 2.24) is 10.3 Å². The van der Waals surface area contributed by atoms with Crippen LogP contribution in [0.4, 0.5) is 21.6 Å². The normalized spacial score (nSPS) is 17.8. The number of amides is 2. The highest BCUT2D eigenvalue weighted by Crippen LogP contribution is 2.27. The molecule has 0 saturated carbocycles. The minimum atomic E-state index is -0.639. The van der Waals surface area contributed by atoms with Gasteiger partial charge in [0.15, 0.2) is 0 Å². The van der Waals surface area contributed by atoms with Gasteiger partial charge in [-0.2, -0.15) is 0 Å². The molecule has 2 atom stereocenters. The van der Waals surface area contributed by atoms with Crippen LogP contribution in [0.5, 0.6) is 0 Å². The first-order valence-corrected chi connectivity index (χ1v) is 11.3. The second-order valence-electron chi connectivity index (χ2n) is 8.36. The molecule has 2 amide bonds. The Morgan fingerprint density at radius 1 is 1.03 bits per heavy atom. The molecule has 0 aliphatic carbocycles. The van der Waals surface area contributed by atoms with E-state index in [2.05, 4.69) is 39.7 Å². The van der Waals surface area contributed by atoms with Gasteiger partial charge in [0.1, 0.15) is 11.6 Å². The third kappa shape index (κ3) is 5.52. The molecule has 176 valence electrons. The molecule has 0 spiro atoms. The highest BCUT2D eigenvalue weighted by Gasteiger charge is 2.22. The molecule has 1 aliphatic rings. The molecule has 1 aromatic heterocycles. The molecule has 3 N–H and O–H groups in total. The lowest BCUT2D eigenvalue weighted by atomic mass is 10.1. The number of carbonyl (C=O) groups is 2. The largest absolute Gasteiger partial charge is 0.354 e. The Hall–Kier alpha value is -3.49. The Morgan fingerprint density at radius 3 is 2.44 bits per heavy atom. The average Bonchev–Trinajstić information content (AvgIpc) is 2.81. The fourth-order valence-electron chi connectivity index (χ4n) is 3.96. The van der Waals surface area contributed by atoms with Crippen LogP contribution in [0.15, 0.2) is 60.8 Å². The third-order valence-corrected chi connectivity index (χ3v) is 5.81. The molecule has 2 heterocycles. The Morgan fingerprint density at radius 2 is 1.76 bits per heavy atom. The number of anilines is 3. The van der Waals surface area contributed by atoms with E-state index in [1.54, 1.807) is 30.5 Å². The van der Waals surface area contributed by atoms with E-state index < -0.39 is 11.7 Å². The van der Waals surface area contributed by atoms with Crippen LogP contribution < -0.4 is 20.9 Å². The average molecular weight is 482 g/mol. The zero-order valence-electron chi connectivity index (χ0n) is 18.8. The van der Waals surface area contributed by atoms with Crippen LogP contribution >= 0.6 is 11.6 Å². The van der Waals surface area contributed by atoms with Gasteiger partial charge in [-0.3, -0.25) is 9.59 Å². The molecule has 0 radical (unpaired) electrons. The lowest BCUT2D eigenvalue weighted by Crippen LogP contribution is -2.54. The fraction of sp³-hybridized carbons (Fsp3) is 0.240. The van der Waals surface area contributed by atoms with Crippen LogP contribution in [0.25, 0.3) is 0 Å². The second kappa shape index (κ2) is 10.2. The number of rotatable bonds is 5. The van der Waals surface area contributed by atoms with Crippen molar-refractivity contribution in [3.05, 3.63) is 82.8 Å². The molecule has 1 aliphatic heterocycles. The highest BCUT2D eigenvalue weighted by molar-refractivity contribution is 6.34. The standard InChI is InChI=1S/C25H25ClFN5O2/c1-15-13-32(14-16(2)29-15)23-10-7-17(12-28-23)24(33)30-18-8-9-20(26)22(11-18)31-25(34)19-5-3-4-6-21(19)27/h3-12,15-16,29H,13-14H2,1-2H3,(H,30,33)(H,31,34)/t15-,16+. The van der Waals surface area contributed by atoms with Crippen molar-refractivity contribution in [2.24, 2.45) is 0 Å². The van der Waals surface area contributed by atoms with Crippen molar-refractivity contribution < 1.29 is 14.0 Å². The summed E-state index contributed by atoms with van der Waals surface area (Å²) in [6.07, 6.45) is 1.54. The SMILES string of the molecule is C[C@@H]1CN(c2ccc(C(=O)Nc3ccc(Cl)c(NC(=O)c4ccccc4F)c3)cn2)C[C@H](C)N1. The Bertz CT molecular complexity index is 1190. The van der Waals surface area contributed by atoms with Gasteiger partial charge in [-0.05, 0) is 56.3 Å². The Kier molecular flexibility index (Phi) is 7.09. The van der Waals surface area contributed by atoms with Crippen molar-refractivity contribution >= 4 is 40.6 Å². The lowest BCUT2D eigenvalue weighted by Gasteiger charge is -2.36. The number of benzene rings is 2. The summed E-state index contributed by atoms with van der Waals surface area (Å²) in [5, 5.41) is 9.10. The van der Waals surface area contributed by atoms with Crippen molar-refractivity contribution in [2.75, 3.05) is 28.6 Å². The maximum atomic E-state index is 13.9. The van der Waals surface area contributed by atoms with E-state index in [4.69, 9.17) is 11.6 Å². The number of nitrogens with zero attached hydrogens (tertiary/aromatic N) is 2. The quantitative estimate of drug-likeness (QED) is 0.497. The first kappa shape index (κ1) is 23.7. The topological polar surface area (TPSA) is 86.4 Å². The third-order valence-electron chi connectivity index (χ3n) is 5.48. The van der Waals surface area contributed by atoms with Crippen LogP contribution in [-0.2, 0) is 0 Å². The molecule has 4 rings (SSSR count). The maximum Gasteiger partial charge on any atom is 0.258 e. The number of hydrogen-bond acceptors (Lipinski definition) is 5. The molecule has 1 saturated heterocycles. The van der Waals surface area contributed by atoms with Crippen LogP contribution in [-0.4, -0.2) is 42.0 Å². The van der Waals surface area contributed by atoms with E-state index in [1.807, 2.05) is 6.07 Å². The molecule has 0 bridgehead atoms. The monoisotopic (exact) mass is 481 g/mol. The number of hydrogen-bond donors (Lipinski definition) is 3. The molecule has 9 heteroatoms.